The van der Waals surface area contributed by atoms with Crippen LogP contribution in [-0.4, -0.2) is 31.7 Å². The summed E-state index contributed by atoms with van der Waals surface area (Å²) in [6.45, 7) is 5.42. The van der Waals surface area contributed by atoms with E-state index in [1.54, 1.807) is 20.8 Å². The van der Waals surface area contributed by atoms with E-state index in [1.807, 2.05) is 0 Å². The minimum absolute atomic E-state index is 0. The van der Waals surface area contributed by atoms with Gasteiger partial charge in [0.1, 0.15) is 0 Å². The molecule has 2 N–H and O–H groups in total. The molecule has 0 aromatic rings. The molecule has 0 aliphatic heterocycles. The van der Waals surface area contributed by atoms with E-state index in [9.17, 15) is 9.59 Å². The normalized spacial score (nSPS) is 10.2. The van der Waals surface area contributed by atoms with Crippen LogP contribution in [0, 0.1) is 5.41 Å². The van der Waals surface area contributed by atoms with E-state index in [1.165, 1.54) is 0 Å². The Morgan fingerprint density at radius 1 is 1.06 bits per heavy atom. The standard InChI is InChI=1S/C10H19NO4.ClH/c1-4-10(7-11,8(12)14-5-2)9(13)15-6-3;/h4-7,11H2,1-3H3;1H. The summed E-state index contributed by atoms with van der Waals surface area (Å²) >= 11 is 0. The van der Waals surface area contributed by atoms with Crippen molar-refractivity contribution in [3.8, 4) is 0 Å². The summed E-state index contributed by atoms with van der Waals surface area (Å²) in [5, 5.41) is 0. The second-order valence-electron chi connectivity index (χ2n) is 3.08. The zero-order valence-corrected chi connectivity index (χ0v) is 10.8. The highest BCUT2D eigenvalue weighted by Crippen LogP contribution is 2.24. The Kier molecular flexibility index (Phi) is 9.18. The van der Waals surface area contributed by atoms with Crippen LogP contribution in [-0.2, 0) is 19.1 Å². The maximum Gasteiger partial charge on any atom is 0.324 e. The molecule has 0 rings (SSSR count). The lowest BCUT2D eigenvalue weighted by molar-refractivity contribution is -0.171. The number of carbonyl (C=O) groups is 2. The van der Waals surface area contributed by atoms with Crippen LogP contribution in [0.15, 0.2) is 0 Å². The van der Waals surface area contributed by atoms with Gasteiger partial charge in [-0.15, -0.1) is 12.4 Å². The van der Waals surface area contributed by atoms with Gasteiger partial charge in [0.2, 0.25) is 0 Å². The highest BCUT2D eigenvalue weighted by molar-refractivity contribution is 6.00. The molecule has 0 aromatic heterocycles. The van der Waals surface area contributed by atoms with Crippen molar-refractivity contribution in [2.75, 3.05) is 19.8 Å². The van der Waals surface area contributed by atoms with Gasteiger partial charge in [-0.25, -0.2) is 0 Å². The molecule has 0 aromatic carbocycles. The molecule has 0 radical (unpaired) electrons. The Labute approximate surface area is 102 Å². The van der Waals surface area contributed by atoms with Crippen LogP contribution in [0.1, 0.15) is 27.2 Å². The number of rotatable bonds is 6. The van der Waals surface area contributed by atoms with Crippen LogP contribution in [0.4, 0.5) is 0 Å². The molecule has 0 unspecified atom stereocenters. The van der Waals surface area contributed by atoms with Gasteiger partial charge >= 0.3 is 11.9 Å². The van der Waals surface area contributed by atoms with Crippen LogP contribution in [0.5, 0.6) is 0 Å². The molecule has 0 saturated heterocycles. The fraction of sp³-hybridized carbons (Fsp3) is 0.800. The Hall–Kier alpha value is -0.810. The second kappa shape index (κ2) is 8.35. The van der Waals surface area contributed by atoms with Crippen molar-refractivity contribution in [3.05, 3.63) is 0 Å². The van der Waals surface area contributed by atoms with Crippen molar-refractivity contribution < 1.29 is 19.1 Å². The molecule has 6 heteroatoms. The monoisotopic (exact) mass is 253 g/mol. The van der Waals surface area contributed by atoms with E-state index in [0.717, 1.165) is 0 Å². The molecule has 0 spiro atoms. The van der Waals surface area contributed by atoms with E-state index in [-0.39, 0.29) is 38.6 Å². The van der Waals surface area contributed by atoms with Crippen molar-refractivity contribution in [1.29, 1.82) is 0 Å². The summed E-state index contributed by atoms with van der Waals surface area (Å²) in [5.74, 6) is -1.21. The number of hydrogen-bond donors (Lipinski definition) is 1. The van der Waals surface area contributed by atoms with Crippen molar-refractivity contribution in [2.24, 2.45) is 11.1 Å². The quantitative estimate of drug-likeness (QED) is 0.562. The van der Waals surface area contributed by atoms with Gasteiger partial charge in [-0.2, -0.15) is 0 Å². The summed E-state index contributed by atoms with van der Waals surface area (Å²) in [7, 11) is 0. The van der Waals surface area contributed by atoms with Gasteiger partial charge in [-0.1, -0.05) is 6.92 Å². The minimum atomic E-state index is -1.34. The molecular weight excluding hydrogens is 234 g/mol. The number of hydrogen-bond acceptors (Lipinski definition) is 5. The third-order valence-electron chi connectivity index (χ3n) is 2.28. The van der Waals surface area contributed by atoms with E-state index in [0.29, 0.717) is 0 Å². The molecule has 0 atom stereocenters. The zero-order valence-electron chi connectivity index (χ0n) is 9.95. The van der Waals surface area contributed by atoms with Crippen LogP contribution in [0.3, 0.4) is 0 Å². The Balaban J connectivity index is 0. The topological polar surface area (TPSA) is 78.6 Å². The van der Waals surface area contributed by atoms with Crippen LogP contribution in [0.25, 0.3) is 0 Å². The minimum Gasteiger partial charge on any atom is -0.465 e. The van der Waals surface area contributed by atoms with Crippen LogP contribution >= 0.6 is 12.4 Å². The van der Waals surface area contributed by atoms with E-state index < -0.39 is 17.4 Å². The van der Waals surface area contributed by atoms with Gasteiger partial charge in [-0.05, 0) is 20.3 Å². The van der Waals surface area contributed by atoms with Gasteiger partial charge in [0.05, 0.1) is 13.2 Å². The molecule has 5 nitrogen and oxygen atoms in total. The molecule has 0 aliphatic carbocycles. The van der Waals surface area contributed by atoms with Crippen LogP contribution < -0.4 is 5.73 Å². The first kappa shape index (κ1) is 17.6. The predicted octanol–water partition coefficient (Wildman–Crippen LogP) is 0.890. The van der Waals surface area contributed by atoms with Crippen molar-refractivity contribution in [2.45, 2.75) is 27.2 Å². The van der Waals surface area contributed by atoms with Gasteiger partial charge in [0, 0.05) is 6.54 Å². The third kappa shape index (κ3) is 3.64. The second-order valence-corrected chi connectivity index (χ2v) is 3.08. The predicted molar refractivity (Wildman–Crippen MR) is 62.3 cm³/mol. The summed E-state index contributed by atoms with van der Waals surface area (Å²) in [6, 6.07) is 0. The van der Waals surface area contributed by atoms with E-state index in [4.69, 9.17) is 15.2 Å². The number of nitrogens with two attached hydrogens (primary N) is 1. The van der Waals surface area contributed by atoms with Gasteiger partial charge in [0.25, 0.3) is 0 Å². The molecule has 0 saturated carbocycles. The average molecular weight is 254 g/mol. The highest BCUT2D eigenvalue weighted by atomic mass is 35.5. The van der Waals surface area contributed by atoms with Crippen molar-refractivity contribution in [1.82, 2.24) is 0 Å². The third-order valence-corrected chi connectivity index (χ3v) is 2.28. The Bertz CT molecular complexity index is 209. The molecule has 0 aliphatic rings. The van der Waals surface area contributed by atoms with Crippen molar-refractivity contribution in [3.63, 3.8) is 0 Å². The summed E-state index contributed by atoms with van der Waals surface area (Å²) in [4.78, 5) is 23.3. The number of halogens is 1. The smallest absolute Gasteiger partial charge is 0.324 e. The summed E-state index contributed by atoms with van der Waals surface area (Å²) in [5.41, 5.74) is 4.14. The van der Waals surface area contributed by atoms with Crippen LogP contribution in [0.2, 0.25) is 0 Å². The van der Waals surface area contributed by atoms with Gasteiger partial charge in [0.15, 0.2) is 5.41 Å². The summed E-state index contributed by atoms with van der Waals surface area (Å²) < 4.78 is 9.67. The lowest BCUT2D eigenvalue weighted by atomic mass is 9.85. The molecule has 0 bridgehead atoms. The Morgan fingerprint density at radius 3 is 1.62 bits per heavy atom. The first-order chi connectivity index (χ1) is 7.08. The molecular formula is C10H20ClNO4. The first-order valence-electron chi connectivity index (χ1n) is 5.13. The lowest BCUT2D eigenvalue weighted by Gasteiger charge is -2.25. The number of carbonyl (C=O) groups excluding carboxylic acids is 2. The maximum atomic E-state index is 11.6. The molecule has 16 heavy (non-hydrogen) atoms. The molecule has 0 fully saturated rings. The number of ether oxygens (including phenoxy) is 2. The number of esters is 2. The lowest BCUT2D eigenvalue weighted by Crippen LogP contribution is -2.47. The first-order valence-corrected chi connectivity index (χ1v) is 5.13. The van der Waals surface area contributed by atoms with Gasteiger partial charge in [-0.3, -0.25) is 9.59 Å². The van der Waals surface area contributed by atoms with E-state index >= 15 is 0 Å². The zero-order chi connectivity index (χ0) is 11.9. The van der Waals surface area contributed by atoms with E-state index in [2.05, 4.69) is 0 Å². The maximum absolute atomic E-state index is 11.6. The summed E-state index contributed by atoms with van der Waals surface area (Å²) in [6.07, 6.45) is 0.279. The molecule has 96 valence electrons. The van der Waals surface area contributed by atoms with Gasteiger partial charge < -0.3 is 15.2 Å². The fourth-order valence-corrected chi connectivity index (χ4v) is 1.22. The SMILES string of the molecule is CCOC(=O)C(CC)(CN)C(=O)OCC.Cl. The molecule has 0 amide bonds. The largest absolute Gasteiger partial charge is 0.465 e. The Morgan fingerprint density at radius 2 is 1.44 bits per heavy atom. The average Bonchev–Trinajstić information content (AvgIpc) is 2.21. The fourth-order valence-electron chi connectivity index (χ4n) is 1.22. The molecule has 0 heterocycles. The highest BCUT2D eigenvalue weighted by Gasteiger charge is 2.46. The van der Waals surface area contributed by atoms with Crippen molar-refractivity contribution >= 4 is 24.3 Å².